The number of oxime groups is 1. The van der Waals surface area contributed by atoms with Crippen molar-refractivity contribution >= 4 is 11.4 Å². The summed E-state index contributed by atoms with van der Waals surface area (Å²) in [6, 6.07) is 17.8. The van der Waals surface area contributed by atoms with Crippen LogP contribution in [-0.4, -0.2) is 17.5 Å². The molecule has 21 heavy (non-hydrogen) atoms. The minimum absolute atomic E-state index is 0.676. The van der Waals surface area contributed by atoms with E-state index in [9.17, 15) is 0 Å². The summed E-state index contributed by atoms with van der Waals surface area (Å²) in [6.45, 7) is 1.54. The molecule has 4 nitrogen and oxygen atoms in total. The Morgan fingerprint density at radius 2 is 2.05 bits per heavy atom. The average molecular weight is 277 g/mol. The van der Waals surface area contributed by atoms with Gasteiger partial charge in [0.2, 0.25) is 0 Å². The molecule has 1 heterocycles. The number of anilines is 1. The second-order valence-corrected chi connectivity index (χ2v) is 5.05. The van der Waals surface area contributed by atoms with Crippen molar-refractivity contribution in [2.75, 3.05) is 11.4 Å². The summed E-state index contributed by atoms with van der Waals surface area (Å²) < 4.78 is 0. The highest BCUT2D eigenvalue weighted by molar-refractivity contribution is 6.06. The lowest BCUT2D eigenvalue weighted by Gasteiger charge is -2.31. The zero-order valence-corrected chi connectivity index (χ0v) is 11.5. The van der Waals surface area contributed by atoms with E-state index in [1.165, 1.54) is 0 Å². The molecule has 1 N–H and O–H groups in total. The molecular formula is C17H15N3O. The van der Waals surface area contributed by atoms with E-state index in [0.29, 0.717) is 12.0 Å². The maximum atomic E-state index is 9.12. The first-order chi connectivity index (χ1) is 10.3. The van der Waals surface area contributed by atoms with Crippen LogP contribution in [0.5, 0.6) is 0 Å². The maximum absolute atomic E-state index is 9.12. The summed E-state index contributed by atoms with van der Waals surface area (Å²) in [5.41, 5.74) is 4.55. The van der Waals surface area contributed by atoms with Crippen molar-refractivity contribution in [3.8, 4) is 6.07 Å². The van der Waals surface area contributed by atoms with Crippen LogP contribution in [0.25, 0.3) is 0 Å². The van der Waals surface area contributed by atoms with Gasteiger partial charge in [-0.3, -0.25) is 0 Å². The van der Waals surface area contributed by atoms with Gasteiger partial charge in [0.25, 0.3) is 0 Å². The highest BCUT2D eigenvalue weighted by Crippen LogP contribution is 2.28. The van der Waals surface area contributed by atoms with E-state index in [1.54, 1.807) is 0 Å². The van der Waals surface area contributed by atoms with Gasteiger partial charge in [-0.2, -0.15) is 5.26 Å². The standard InChI is InChI=1S/C17H15N3O/c18-11-13-4-3-5-14(10-13)12-20-9-8-16(19-21)15-6-1-2-7-17(15)20/h1-7,10,21H,8-9,12H2. The Morgan fingerprint density at radius 3 is 2.86 bits per heavy atom. The highest BCUT2D eigenvalue weighted by Gasteiger charge is 2.21. The third-order valence-corrected chi connectivity index (χ3v) is 3.72. The van der Waals surface area contributed by atoms with E-state index in [4.69, 9.17) is 10.5 Å². The fourth-order valence-electron chi connectivity index (χ4n) is 2.72. The molecule has 0 saturated heterocycles. The predicted molar refractivity (Wildman–Crippen MR) is 81.6 cm³/mol. The van der Waals surface area contributed by atoms with Gasteiger partial charge in [0.05, 0.1) is 17.3 Å². The van der Waals surface area contributed by atoms with Crippen LogP contribution in [0.1, 0.15) is 23.1 Å². The Bertz CT molecular complexity index is 731. The van der Waals surface area contributed by atoms with Gasteiger partial charge in [-0.1, -0.05) is 35.5 Å². The predicted octanol–water partition coefficient (Wildman–Crippen LogP) is 3.15. The molecule has 2 aromatic carbocycles. The molecular weight excluding hydrogens is 262 g/mol. The number of nitrogens with zero attached hydrogens (tertiary/aromatic N) is 3. The minimum atomic E-state index is 0.676. The summed E-state index contributed by atoms with van der Waals surface area (Å²) in [5.74, 6) is 0. The molecule has 4 heteroatoms. The van der Waals surface area contributed by atoms with Crippen molar-refractivity contribution in [3.05, 3.63) is 65.2 Å². The smallest absolute Gasteiger partial charge is 0.0991 e. The molecule has 3 rings (SSSR count). The molecule has 0 aromatic heterocycles. The maximum Gasteiger partial charge on any atom is 0.0991 e. The number of hydrogen-bond donors (Lipinski definition) is 1. The van der Waals surface area contributed by atoms with Crippen LogP contribution in [0.2, 0.25) is 0 Å². The van der Waals surface area contributed by atoms with Crippen molar-refractivity contribution in [1.82, 2.24) is 0 Å². The second-order valence-electron chi connectivity index (χ2n) is 5.05. The first-order valence-corrected chi connectivity index (χ1v) is 6.86. The molecule has 0 atom stereocenters. The Labute approximate surface area is 123 Å². The molecule has 0 spiro atoms. The molecule has 2 aromatic rings. The van der Waals surface area contributed by atoms with Crippen molar-refractivity contribution in [1.29, 1.82) is 5.26 Å². The molecule has 1 aliphatic heterocycles. The molecule has 0 bridgehead atoms. The third-order valence-electron chi connectivity index (χ3n) is 3.72. The molecule has 104 valence electrons. The van der Waals surface area contributed by atoms with Crippen LogP contribution in [0.3, 0.4) is 0 Å². The Balaban J connectivity index is 1.92. The van der Waals surface area contributed by atoms with Crippen LogP contribution < -0.4 is 4.90 Å². The second kappa shape index (κ2) is 5.68. The summed E-state index contributed by atoms with van der Waals surface area (Å²) in [7, 11) is 0. The van der Waals surface area contributed by atoms with Crippen molar-refractivity contribution in [2.24, 2.45) is 5.16 Å². The molecule has 0 aliphatic carbocycles. The van der Waals surface area contributed by atoms with Crippen LogP contribution in [0, 0.1) is 11.3 Å². The van der Waals surface area contributed by atoms with E-state index in [0.717, 1.165) is 35.6 Å². The molecule has 0 saturated carbocycles. The zero-order valence-electron chi connectivity index (χ0n) is 11.5. The van der Waals surface area contributed by atoms with E-state index in [1.807, 2.05) is 48.5 Å². The first kappa shape index (κ1) is 13.2. The molecule has 0 fully saturated rings. The van der Waals surface area contributed by atoms with Gasteiger partial charge in [-0.15, -0.1) is 0 Å². The summed E-state index contributed by atoms with van der Waals surface area (Å²) >= 11 is 0. The number of nitriles is 1. The highest BCUT2D eigenvalue weighted by atomic mass is 16.4. The molecule has 1 aliphatic rings. The Kier molecular flexibility index (Phi) is 3.57. The fraction of sp³-hybridized carbons (Fsp3) is 0.176. The normalized spacial score (nSPS) is 15.6. The zero-order chi connectivity index (χ0) is 14.7. The molecule has 0 radical (unpaired) electrons. The van der Waals surface area contributed by atoms with Gasteiger partial charge in [-0.05, 0) is 23.8 Å². The SMILES string of the molecule is N#Cc1cccc(CN2CCC(=NO)c3ccccc32)c1. The first-order valence-electron chi connectivity index (χ1n) is 6.86. The number of para-hydroxylation sites is 1. The van der Waals surface area contributed by atoms with Gasteiger partial charge in [-0.25, -0.2) is 0 Å². The number of hydrogen-bond acceptors (Lipinski definition) is 4. The fourth-order valence-corrected chi connectivity index (χ4v) is 2.72. The van der Waals surface area contributed by atoms with E-state index >= 15 is 0 Å². The Hall–Kier alpha value is -2.80. The van der Waals surface area contributed by atoms with Crippen LogP contribution in [0.15, 0.2) is 53.7 Å². The molecule has 0 amide bonds. The molecule has 0 unspecified atom stereocenters. The topological polar surface area (TPSA) is 59.6 Å². The summed E-state index contributed by atoms with van der Waals surface area (Å²) in [6.07, 6.45) is 0.714. The van der Waals surface area contributed by atoms with E-state index < -0.39 is 0 Å². The van der Waals surface area contributed by atoms with Crippen LogP contribution >= 0.6 is 0 Å². The average Bonchev–Trinajstić information content (AvgIpc) is 2.55. The summed E-state index contributed by atoms with van der Waals surface area (Å²) in [4.78, 5) is 2.25. The number of fused-ring (bicyclic) bond motifs is 1. The number of benzene rings is 2. The quantitative estimate of drug-likeness (QED) is 0.677. The largest absolute Gasteiger partial charge is 0.411 e. The van der Waals surface area contributed by atoms with E-state index in [2.05, 4.69) is 16.1 Å². The van der Waals surface area contributed by atoms with Crippen LogP contribution in [0.4, 0.5) is 5.69 Å². The van der Waals surface area contributed by atoms with E-state index in [-0.39, 0.29) is 0 Å². The lowest BCUT2D eigenvalue weighted by Crippen LogP contribution is -2.31. The van der Waals surface area contributed by atoms with Crippen molar-refractivity contribution in [2.45, 2.75) is 13.0 Å². The third kappa shape index (κ3) is 2.59. The van der Waals surface area contributed by atoms with Crippen molar-refractivity contribution < 1.29 is 5.21 Å². The lowest BCUT2D eigenvalue weighted by molar-refractivity contribution is 0.317. The van der Waals surface area contributed by atoms with Crippen LogP contribution in [-0.2, 0) is 6.54 Å². The summed E-state index contributed by atoms with van der Waals surface area (Å²) in [5, 5.41) is 21.5. The van der Waals surface area contributed by atoms with Gasteiger partial charge in [0.15, 0.2) is 0 Å². The lowest BCUT2D eigenvalue weighted by atomic mass is 9.99. The van der Waals surface area contributed by atoms with Gasteiger partial charge >= 0.3 is 0 Å². The monoisotopic (exact) mass is 277 g/mol. The van der Waals surface area contributed by atoms with Crippen molar-refractivity contribution in [3.63, 3.8) is 0 Å². The van der Waals surface area contributed by atoms with Gasteiger partial charge in [0, 0.05) is 30.8 Å². The van der Waals surface area contributed by atoms with Gasteiger partial charge in [0.1, 0.15) is 0 Å². The number of rotatable bonds is 2. The minimum Gasteiger partial charge on any atom is -0.411 e. The van der Waals surface area contributed by atoms with Gasteiger partial charge < -0.3 is 10.1 Å². The Morgan fingerprint density at radius 1 is 1.19 bits per heavy atom.